The predicted octanol–water partition coefficient (Wildman–Crippen LogP) is 4.14. The van der Waals surface area contributed by atoms with Crippen LogP contribution in [-0.2, 0) is 19.4 Å². The van der Waals surface area contributed by atoms with Crippen molar-refractivity contribution in [2.45, 2.75) is 32.2 Å². The summed E-state index contributed by atoms with van der Waals surface area (Å²) in [6.45, 7) is 0.482. The summed E-state index contributed by atoms with van der Waals surface area (Å²) in [7, 11) is 0. The van der Waals surface area contributed by atoms with E-state index in [1.165, 1.54) is 47.7 Å². The Morgan fingerprint density at radius 2 is 1.80 bits per heavy atom. The number of nitrogens with one attached hydrogen (secondary N) is 1. The largest absolute Gasteiger partial charge is 0.353 e. The fraction of sp³-hybridized carbons (Fsp3) is 0.238. The van der Waals surface area contributed by atoms with Gasteiger partial charge in [0.15, 0.2) is 0 Å². The molecule has 0 saturated heterocycles. The summed E-state index contributed by atoms with van der Waals surface area (Å²) >= 11 is 0. The molecule has 3 N–H and O–H groups in total. The summed E-state index contributed by atoms with van der Waals surface area (Å²) in [5, 5.41) is 2.42. The zero-order valence-corrected chi connectivity index (χ0v) is 14.2. The summed E-state index contributed by atoms with van der Waals surface area (Å²) in [5.74, 6) is 0. The van der Waals surface area contributed by atoms with Crippen molar-refractivity contribution in [3.05, 3.63) is 71.8 Å². The third-order valence-electron chi connectivity index (χ3n) is 4.75. The third kappa shape index (κ3) is 3.26. The minimum atomic E-state index is 0.482. The summed E-state index contributed by atoms with van der Waals surface area (Å²) < 4.78 is 0. The van der Waals surface area contributed by atoms with Crippen LogP contribution in [0, 0.1) is 0 Å². The summed E-state index contributed by atoms with van der Waals surface area (Å²) in [5.41, 5.74) is 11.5. The minimum absolute atomic E-state index is 0.482. The van der Waals surface area contributed by atoms with Gasteiger partial charge in [0.1, 0.15) is 0 Å². The molecule has 5 rings (SSSR count). The number of benzene rings is 1. The fourth-order valence-electron chi connectivity index (χ4n) is 3.44. The molecule has 0 aliphatic heterocycles. The molecular formula is C21H22N4. The van der Waals surface area contributed by atoms with Crippen LogP contribution in [0.3, 0.4) is 0 Å². The van der Waals surface area contributed by atoms with Crippen molar-refractivity contribution < 1.29 is 0 Å². The number of H-pyrrole nitrogens is 1. The van der Waals surface area contributed by atoms with E-state index in [4.69, 9.17) is 5.73 Å². The average molecular weight is 330 g/mol. The van der Waals surface area contributed by atoms with Gasteiger partial charge in [-0.1, -0.05) is 24.3 Å². The normalized spacial score (nSPS) is 13.3. The second kappa shape index (κ2) is 7.03. The van der Waals surface area contributed by atoms with Gasteiger partial charge in [-0.05, 0) is 49.4 Å². The summed E-state index contributed by atoms with van der Waals surface area (Å²) in [4.78, 5) is 11.9. The Labute approximate surface area is 147 Å². The van der Waals surface area contributed by atoms with E-state index in [-0.39, 0.29) is 0 Å². The van der Waals surface area contributed by atoms with E-state index in [0.29, 0.717) is 6.54 Å². The first kappa shape index (κ1) is 15.8. The molecule has 1 aromatic carbocycles. The van der Waals surface area contributed by atoms with E-state index >= 15 is 0 Å². The molecule has 3 heterocycles. The van der Waals surface area contributed by atoms with Crippen LogP contribution >= 0.6 is 0 Å². The van der Waals surface area contributed by atoms with Gasteiger partial charge >= 0.3 is 0 Å². The lowest BCUT2D eigenvalue weighted by Gasteiger charge is -2.12. The Kier molecular flexibility index (Phi) is 4.44. The highest BCUT2D eigenvalue weighted by Crippen LogP contribution is 2.24. The Hall–Kier alpha value is -2.72. The minimum Gasteiger partial charge on any atom is -0.353 e. The van der Waals surface area contributed by atoms with Crippen molar-refractivity contribution >= 4 is 21.8 Å². The maximum absolute atomic E-state index is 5.58. The van der Waals surface area contributed by atoms with Crippen LogP contribution in [-0.4, -0.2) is 15.0 Å². The SMILES string of the molecule is NCc1cc2c(cn1)[nH]c1ccccc12.c1cnc2c(c1)CCCC2. The molecule has 0 saturated carbocycles. The molecule has 4 aromatic rings. The zero-order valence-electron chi connectivity index (χ0n) is 14.2. The van der Waals surface area contributed by atoms with Crippen molar-refractivity contribution in [3.8, 4) is 0 Å². The molecule has 0 fully saturated rings. The number of aromatic nitrogens is 3. The molecule has 0 atom stereocenters. The third-order valence-corrected chi connectivity index (χ3v) is 4.75. The second-order valence-corrected chi connectivity index (χ2v) is 6.41. The van der Waals surface area contributed by atoms with Crippen molar-refractivity contribution in [2.24, 2.45) is 5.73 Å². The zero-order chi connectivity index (χ0) is 17.1. The van der Waals surface area contributed by atoms with Crippen molar-refractivity contribution in [2.75, 3.05) is 0 Å². The van der Waals surface area contributed by atoms with Crippen LogP contribution in [0.1, 0.15) is 29.8 Å². The monoisotopic (exact) mass is 330 g/mol. The quantitative estimate of drug-likeness (QED) is 0.551. The van der Waals surface area contributed by atoms with E-state index in [0.717, 1.165) is 16.7 Å². The Morgan fingerprint density at radius 1 is 0.920 bits per heavy atom. The van der Waals surface area contributed by atoms with Gasteiger partial charge in [-0.2, -0.15) is 0 Å². The van der Waals surface area contributed by atoms with E-state index in [1.54, 1.807) is 0 Å². The van der Waals surface area contributed by atoms with Gasteiger partial charge in [0.2, 0.25) is 0 Å². The van der Waals surface area contributed by atoms with Crippen molar-refractivity contribution in [1.82, 2.24) is 15.0 Å². The van der Waals surface area contributed by atoms with Crippen LogP contribution in [0.5, 0.6) is 0 Å². The lowest BCUT2D eigenvalue weighted by molar-refractivity contribution is 0.668. The molecule has 126 valence electrons. The maximum atomic E-state index is 5.58. The highest BCUT2D eigenvalue weighted by Gasteiger charge is 2.07. The van der Waals surface area contributed by atoms with Crippen LogP contribution in [0.2, 0.25) is 0 Å². The number of pyridine rings is 2. The Bertz CT molecular complexity index is 978. The van der Waals surface area contributed by atoms with E-state index in [2.05, 4.69) is 33.2 Å². The van der Waals surface area contributed by atoms with Crippen molar-refractivity contribution in [3.63, 3.8) is 0 Å². The van der Waals surface area contributed by atoms with Gasteiger partial charge in [0.25, 0.3) is 0 Å². The Balaban J connectivity index is 0.000000136. The molecule has 1 aliphatic rings. The van der Waals surface area contributed by atoms with Gasteiger partial charge in [-0.3, -0.25) is 9.97 Å². The molecule has 4 nitrogen and oxygen atoms in total. The molecule has 1 aliphatic carbocycles. The first-order valence-electron chi connectivity index (χ1n) is 8.83. The molecule has 0 unspecified atom stereocenters. The van der Waals surface area contributed by atoms with Gasteiger partial charge < -0.3 is 10.7 Å². The second-order valence-electron chi connectivity index (χ2n) is 6.41. The number of hydrogen-bond acceptors (Lipinski definition) is 3. The van der Waals surface area contributed by atoms with Crippen LogP contribution in [0.4, 0.5) is 0 Å². The smallest absolute Gasteiger partial charge is 0.0651 e. The first-order valence-corrected chi connectivity index (χ1v) is 8.83. The van der Waals surface area contributed by atoms with E-state index in [9.17, 15) is 0 Å². The number of fused-ring (bicyclic) bond motifs is 4. The molecule has 25 heavy (non-hydrogen) atoms. The number of aromatic amines is 1. The van der Waals surface area contributed by atoms with Crippen molar-refractivity contribution in [1.29, 1.82) is 0 Å². The van der Waals surface area contributed by atoms with Gasteiger partial charge in [0.05, 0.1) is 17.4 Å². The number of hydrogen-bond donors (Lipinski definition) is 2. The average Bonchev–Trinajstić information content (AvgIpc) is 3.06. The molecule has 0 amide bonds. The molecule has 0 radical (unpaired) electrons. The summed E-state index contributed by atoms with van der Waals surface area (Å²) in [6, 6.07) is 14.5. The highest BCUT2D eigenvalue weighted by molar-refractivity contribution is 6.06. The van der Waals surface area contributed by atoms with E-state index in [1.807, 2.05) is 36.7 Å². The Morgan fingerprint density at radius 3 is 2.68 bits per heavy atom. The molecule has 0 spiro atoms. The van der Waals surface area contributed by atoms with Crippen LogP contribution in [0.25, 0.3) is 21.8 Å². The van der Waals surface area contributed by atoms with E-state index < -0.39 is 0 Å². The molecule has 0 bridgehead atoms. The summed E-state index contributed by atoms with van der Waals surface area (Å²) in [6.07, 6.45) is 8.84. The topological polar surface area (TPSA) is 67.6 Å². The standard InChI is InChI=1S/C12H11N3.C9H11N/c13-6-8-5-10-9-3-1-2-4-11(9)15-12(10)7-14-8;1-2-6-9-8(4-1)5-3-7-10-9/h1-5,7,15H,6,13H2;3,5,7H,1-2,4,6H2. The number of nitrogens with two attached hydrogens (primary N) is 1. The number of aryl methyl sites for hydroxylation is 2. The first-order chi connectivity index (χ1) is 12.3. The number of nitrogens with zero attached hydrogens (tertiary/aromatic N) is 2. The number of rotatable bonds is 1. The maximum Gasteiger partial charge on any atom is 0.0651 e. The van der Waals surface area contributed by atoms with Crippen LogP contribution < -0.4 is 5.73 Å². The fourth-order valence-corrected chi connectivity index (χ4v) is 3.44. The highest BCUT2D eigenvalue weighted by atomic mass is 14.8. The lowest BCUT2D eigenvalue weighted by Crippen LogP contribution is -2.03. The van der Waals surface area contributed by atoms with Crippen LogP contribution in [0.15, 0.2) is 54.9 Å². The van der Waals surface area contributed by atoms with Gasteiger partial charge in [-0.15, -0.1) is 0 Å². The lowest BCUT2D eigenvalue weighted by atomic mass is 9.96. The predicted molar refractivity (Wildman–Crippen MR) is 102 cm³/mol. The molecule has 4 heteroatoms. The molecular weight excluding hydrogens is 308 g/mol. The van der Waals surface area contributed by atoms with Gasteiger partial charge in [0, 0.05) is 34.7 Å². The molecule has 3 aromatic heterocycles. The number of para-hydroxylation sites is 1. The van der Waals surface area contributed by atoms with Gasteiger partial charge in [-0.25, -0.2) is 0 Å².